The quantitative estimate of drug-likeness (QED) is 0.775. The summed E-state index contributed by atoms with van der Waals surface area (Å²) in [4.78, 5) is 24.5. The van der Waals surface area contributed by atoms with Gasteiger partial charge < -0.3 is 20.0 Å². The predicted octanol–water partition coefficient (Wildman–Crippen LogP) is 2.34. The number of carbonyl (C=O) groups excluding carboxylic acids is 2. The first-order valence-electron chi connectivity index (χ1n) is 9.41. The van der Waals surface area contributed by atoms with Crippen LogP contribution in [0.25, 0.3) is 0 Å². The number of rotatable bonds is 5. The van der Waals surface area contributed by atoms with Crippen LogP contribution in [0.3, 0.4) is 0 Å². The van der Waals surface area contributed by atoms with Gasteiger partial charge in [0, 0.05) is 21.9 Å². The van der Waals surface area contributed by atoms with Crippen molar-refractivity contribution >= 4 is 40.8 Å². The Morgan fingerprint density at radius 2 is 1.93 bits per heavy atom. The Balaban J connectivity index is 1.55. The van der Waals surface area contributed by atoms with Crippen molar-refractivity contribution in [3.8, 4) is 0 Å². The summed E-state index contributed by atoms with van der Waals surface area (Å²) in [6.45, 7) is 4.04. The number of halogens is 2. The zero-order valence-electron chi connectivity index (χ0n) is 15.9. The van der Waals surface area contributed by atoms with Crippen molar-refractivity contribution in [2.45, 2.75) is 45.4 Å². The smallest absolute Gasteiger partial charge is 0.230 e. The molecule has 4 rings (SSSR count). The van der Waals surface area contributed by atoms with Crippen LogP contribution in [0.15, 0.2) is 18.2 Å². The first-order valence-corrected chi connectivity index (χ1v) is 10.2. The van der Waals surface area contributed by atoms with Gasteiger partial charge in [-0.3, -0.25) is 9.48 Å². The molecule has 0 unspecified atom stereocenters. The van der Waals surface area contributed by atoms with E-state index in [-0.39, 0.29) is 12.0 Å². The van der Waals surface area contributed by atoms with Crippen molar-refractivity contribution < 1.29 is 19.4 Å². The number of aromatic nitrogens is 2. The second kappa shape index (κ2) is 7.63. The van der Waals surface area contributed by atoms with Crippen molar-refractivity contribution in [2.24, 2.45) is 11.8 Å². The highest BCUT2D eigenvalue weighted by Crippen LogP contribution is 2.44. The third-order valence-corrected chi connectivity index (χ3v) is 6.40. The van der Waals surface area contributed by atoms with E-state index in [1.165, 1.54) is 0 Å². The number of nitrogens with one attached hydrogen (secondary N) is 1. The standard InChI is InChI=1S/C20H21Cl2N3O4/c1-9-18(10(2)25(24-9)8-11-3-4-12(21)7-13(11)22)23-19(26)16-14-5-6-15(29-14)17(16)20(27)28/h3-4,7,14-17H,5-6,8H2,1-2H3,(H,23,26)(H,27,28)/p-1/t14-,15+,16+,17-/m0/s1. The predicted molar refractivity (Wildman–Crippen MR) is 106 cm³/mol. The molecular weight excluding hydrogens is 417 g/mol. The van der Waals surface area contributed by atoms with Gasteiger partial charge >= 0.3 is 0 Å². The lowest BCUT2D eigenvalue weighted by atomic mass is 9.78. The third-order valence-electron chi connectivity index (χ3n) is 5.81. The lowest BCUT2D eigenvalue weighted by molar-refractivity contribution is -0.313. The third kappa shape index (κ3) is 3.63. The second-order valence-electron chi connectivity index (χ2n) is 7.59. The molecule has 9 heteroatoms. The van der Waals surface area contributed by atoms with Crippen LogP contribution < -0.4 is 10.4 Å². The van der Waals surface area contributed by atoms with Gasteiger partial charge in [-0.15, -0.1) is 0 Å². The summed E-state index contributed by atoms with van der Waals surface area (Å²) in [6.07, 6.45) is 0.494. The Bertz CT molecular complexity index is 990. The van der Waals surface area contributed by atoms with Gasteiger partial charge in [0.2, 0.25) is 5.91 Å². The number of hydrogen-bond acceptors (Lipinski definition) is 5. The zero-order valence-corrected chi connectivity index (χ0v) is 17.5. The number of benzene rings is 1. The van der Waals surface area contributed by atoms with Crippen LogP contribution in [-0.2, 0) is 20.9 Å². The van der Waals surface area contributed by atoms with Gasteiger partial charge in [0.1, 0.15) is 0 Å². The minimum atomic E-state index is -1.24. The summed E-state index contributed by atoms with van der Waals surface area (Å²) in [7, 11) is 0. The van der Waals surface area contributed by atoms with Crippen LogP contribution in [-0.4, -0.2) is 33.9 Å². The highest BCUT2D eigenvalue weighted by atomic mass is 35.5. The summed E-state index contributed by atoms with van der Waals surface area (Å²) in [6, 6.07) is 5.25. The minimum Gasteiger partial charge on any atom is -0.550 e. The van der Waals surface area contributed by atoms with Crippen LogP contribution in [0.1, 0.15) is 29.8 Å². The van der Waals surface area contributed by atoms with E-state index in [1.807, 2.05) is 13.0 Å². The van der Waals surface area contributed by atoms with Gasteiger partial charge in [0.25, 0.3) is 0 Å². The molecule has 29 heavy (non-hydrogen) atoms. The first kappa shape index (κ1) is 20.2. The maximum Gasteiger partial charge on any atom is 0.230 e. The van der Waals surface area contributed by atoms with E-state index in [1.54, 1.807) is 23.7 Å². The molecule has 1 aromatic carbocycles. The van der Waals surface area contributed by atoms with Gasteiger partial charge in [-0.05, 0) is 44.4 Å². The average Bonchev–Trinajstić information content (AvgIpc) is 3.34. The summed E-state index contributed by atoms with van der Waals surface area (Å²) in [5, 5.41) is 20.0. The molecule has 0 spiro atoms. The number of amides is 1. The Morgan fingerprint density at radius 3 is 2.59 bits per heavy atom. The largest absolute Gasteiger partial charge is 0.550 e. The molecule has 2 fully saturated rings. The molecular formula is C20H20Cl2N3O4-. The van der Waals surface area contributed by atoms with Gasteiger partial charge in [-0.2, -0.15) is 5.10 Å². The van der Waals surface area contributed by atoms with Crippen LogP contribution in [0.5, 0.6) is 0 Å². The maximum absolute atomic E-state index is 12.9. The molecule has 0 saturated carbocycles. The number of carbonyl (C=O) groups is 2. The molecule has 0 aliphatic carbocycles. The monoisotopic (exact) mass is 436 g/mol. The highest BCUT2D eigenvalue weighted by molar-refractivity contribution is 6.35. The maximum atomic E-state index is 12.9. The van der Waals surface area contributed by atoms with Gasteiger partial charge in [0.15, 0.2) is 0 Å². The van der Waals surface area contributed by atoms with Crippen LogP contribution in [0.4, 0.5) is 5.69 Å². The van der Waals surface area contributed by atoms with Crippen molar-refractivity contribution in [3.63, 3.8) is 0 Å². The molecule has 154 valence electrons. The normalized spacial score (nSPS) is 25.4. The lowest BCUT2D eigenvalue weighted by Gasteiger charge is -2.27. The number of anilines is 1. The number of aryl methyl sites for hydroxylation is 1. The summed E-state index contributed by atoms with van der Waals surface area (Å²) in [5.41, 5.74) is 2.80. The molecule has 2 bridgehead atoms. The Kier molecular flexibility index (Phi) is 5.31. The van der Waals surface area contributed by atoms with E-state index in [0.717, 1.165) is 11.3 Å². The molecule has 2 saturated heterocycles. The molecule has 2 aliphatic rings. The Morgan fingerprint density at radius 1 is 1.24 bits per heavy atom. The number of carboxylic acid groups (broad SMARTS) is 1. The minimum absolute atomic E-state index is 0.373. The second-order valence-corrected chi connectivity index (χ2v) is 8.43. The number of nitrogens with zero attached hydrogens (tertiary/aromatic N) is 2. The van der Waals surface area contributed by atoms with Gasteiger partial charge in [-0.1, -0.05) is 29.3 Å². The summed E-state index contributed by atoms with van der Waals surface area (Å²) in [5.74, 6) is -3.29. The number of carboxylic acids is 1. The molecule has 4 atom stereocenters. The molecule has 3 heterocycles. The first-order chi connectivity index (χ1) is 13.8. The van der Waals surface area contributed by atoms with Gasteiger partial charge in [-0.25, -0.2) is 0 Å². The van der Waals surface area contributed by atoms with Crippen molar-refractivity contribution in [2.75, 3.05) is 5.32 Å². The van der Waals surface area contributed by atoms with E-state index in [9.17, 15) is 14.7 Å². The van der Waals surface area contributed by atoms with Crippen molar-refractivity contribution in [1.82, 2.24) is 9.78 Å². The van der Waals surface area contributed by atoms with Crippen LogP contribution >= 0.6 is 23.2 Å². The summed E-state index contributed by atoms with van der Waals surface area (Å²) < 4.78 is 7.40. The van der Waals surface area contributed by atoms with Crippen LogP contribution in [0, 0.1) is 25.7 Å². The molecule has 1 N–H and O–H groups in total. The number of fused-ring (bicyclic) bond motifs is 2. The molecule has 7 nitrogen and oxygen atoms in total. The fourth-order valence-corrected chi connectivity index (χ4v) is 4.83. The van der Waals surface area contributed by atoms with E-state index < -0.39 is 23.9 Å². The SMILES string of the molecule is Cc1nn(Cc2ccc(Cl)cc2Cl)c(C)c1NC(=O)[C@H]1[C@@H](C(=O)[O-])[C@H]2CC[C@@H]1O2. The summed E-state index contributed by atoms with van der Waals surface area (Å²) >= 11 is 12.2. The molecule has 1 aromatic heterocycles. The molecule has 0 radical (unpaired) electrons. The van der Waals surface area contributed by atoms with Crippen molar-refractivity contribution in [3.05, 3.63) is 45.2 Å². The van der Waals surface area contributed by atoms with E-state index in [0.29, 0.717) is 40.8 Å². The molecule has 2 aromatic rings. The van der Waals surface area contributed by atoms with Crippen molar-refractivity contribution in [1.29, 1.82) is 0 Å². The fraction of sp³-hybridized carbons (Fsp3) is 0.450. The van der Waals surface area contributed by atoms with E-state index in [2.05, 4.69) is 10.4 Å². The van der Waals surface area contributed by atoms with Gasteiger partial charge in [0.05, 0.1) is 41.7 Å². The number of ether oxygens (including phenoxy) is 1. The Hall–Kier alpha value is -2.09. The number of hydrogen-bond donors (Lipinski definition) is 1. The van der Waals surface area contributed by atoms with E-state index in [4.69, 9.17) is 27.9 Å². The van der Waals surface area contributed by atoms with E-state index >= 15 is 0 Å². The average molecular weight is 437 g/mol. The number of aliphatic carboxylic acids is 1. The topological polar surface area (TPSA) is 96.3 Å². The van der Waals surface area contributed by atoms with Crippen LogP contribution in [0.2, 0.25) is 10.0 Å². The molecule has 1 amide bonds. The zero-order chi connectivity index (χ0) is 20.9. The molecule has 2 aliphatic heterocycles. The Labute approximate surface area is 177 Å². The lowest BCUT2D eigenvalue weighted by Crippen LogP contribution is -2.46. The highest BCUT2D eigenvalue weighted by Gasteiger charge is 2.53. The fourth-order valence-electron chi connectivity index (χ4n) is 4.36.